The molecule has 0 radical (unpaired) electrons. The molecule has 1 atom stereocenters. The lowest BCUT2D eigenvalue weighted by Gasteiger charge is -2.22. The molecule has 29 heavy (non-hydrogen) atoms. The van der Waals surface area contributed by atoms with Gasteiger partial charge in [-0.1, -0.05) is 24.3 Å². The Morgan fingerprint density at radius 2 is 1.66 bits per heavy atom. The van der Waals surface area contributed by atoms with E-state index in [0.717, 1.165) is 24.3 Å². The van der Waals surface area contributed by atoms with Crippen LogP contribution in [0.3, 0.4) is 0 Å². The number of carbonyl (C=O) groups is 2. The summed E-state index contributed by atoms with van der Waals surface area (Å²) >= 11 is 1.23. The molecule has 0 aliphatic carbocycles. The minimum Gasteiger partial charge on any atom is -0.337 e. The van der Waals surface area contributed by atoms with Gasteiger partial charge >= 0.3 is 6.18 Å². The van der Waals surface area contributed by atoms with Crippen molar-refractivity contribution in [2.24, 2.45) is 0 Å². The van der Waals surface area contributed by atoms with E-state index in [1.165, 1.54) is 35.6 Å². The molecule has 150 valence electrons. The number of thiophene rings is 1. The first kappa shape index (κ1) is 20.5. The van der Waals surface area contributed by atoms with E-state index < -0.39 is 29.8 Å². The minimum atomic E-state index is -4.78. The van der Waals surface area contributed by atoms with Crippen LogP contribution in [0, 0.1) is 5.82 Å². The maximum Gasteiger partial charge on any atom is 0.412 e. The van der Waals surface area contributed by atoms with Crippen LogP contribution >= 0.6 is 11.3 Å². The van der Waals surface area contributed by atoms with E-state index in [0.29, 0.717) is 4.88 Å². The predicted octanol–water partition coefficient (Wildman–Crippen LogP) is 5.17. The van der Waals surface area contributed by atoms with Crippen LogP contribution in [-0.2, 0) is 0 Å². The van der Waals surface area contributed by atoms with Crippen molar-refractivity contribution in [3.63, 3.8) is 0 Å². The Hall–Kier alpha value is -3.20. The molecule has 0 bridgehead atoms. The summed E-state index contributed by atoms with van der Waals surface area (Å²) in [4.78, 5) is 25.0. The van der Waals surface area contributed by atoms with Crippen molar-refractivity contribution in [2.75, 3.05) is 5.32 Å². The lowest BCUT2D eigenvalue weighted by molar-refractivity contribution is -0.155. The molecule has 2 amide bonds. The van der Waals surface area contributed by atoms with E-state index in [4.69, 9.17) is 0 Å². The Morgan fingerprint density at radius 1 is 0.931 bits per heavy atom. The SMILES string of the molecule is O=C(NC(c1ccc(F)cc1)C(F)(F)F)c1cccc(NC(=O)c2cccs2)c1. The van der Waals surface area contributed by atoms with Gasteiger partial charge in [0.15, 0.2) is 6.04 Å². The zero-order chi connectivity index (χ0) is 21.0. The van der Waals surface area contributed by atoms with E-state index in [9.17, 15) is 27.2 Å². The number of nitrogens with one attached hydrogen (secondary N) is 2. The molecule has 1 aromatic heterocycles. The van der Waals surface area contributed by atoms with Crippen LogP contribution in [0.1, 0.15) is 31.6 Å². The molecule has 1 unspecified atom stereocenters. The number of amides is 2. The second-order valence-electron chi connectivity index (χ2n) is 6.01. The fraction of sp³-hybridized carbons (Fsp3) is 0.100. The van der Waals surface area contributed by atoms with Gasteiger partial charge in [-0.25, -0.2) is 4.39 Å². The summed E-state index contributed by atoms with van der Waals surface area (Å²) in [5.41, 5.74) is -0.0962. The standard InChI is InChI=1S/C20H14F4N2O2S/c21-14-8-6-12(7-9-14)17(20(22,23)24)26-18(27)13-3-1-4-15(11-13)25-19(28)16-5-2-10-29-16/h1-11,17H,(H,25,28)(H,26,27). The molecule has 3 aromatic rings. The first-order valence-electron chi connectivity index (χ1n) is 8.32. The molecular formula is C20H14F4N2O2S. The second-order valence-corrected chi connectivity index (χ2v) is 6.96. The minimum absolute atomic E-state index is 0.0645. The lowest BCUT2D eigenvalue weighted by atomic mass is 10.1. The highest BCUT2D eigenvalue weighted by Crippen LogP contribution is 2.33. The topological polar surface area (TPSA) is 58.2 Å². The van der Waals surface area contributed by atoms with Crippen LogP contribution in [-0.4, -0.2) is 18.0 Å². The van der Waals surface area contributed by atoms with Crippen molar-refractivity contribution in [1.29, 1.82) is 0 Å². The van der Waals surface area contributed by atoms with E-state index in [2.05, 4.69) is 5.32 Å². The Labute approximate surface area is 167 Å². The van der Waals surface area contributed by atoms with Gasteiger partial charge in [-0.2, -0.15) is 13.2 Å². The number of alkyl halides is 3. The largest absolute Gasteiger partial charge is 0.412 e. The van der Waals surface area contributed by atoms with Crippen LogP contribution in [0.2, 0.25) is 0 Å². The molecule has 3 rings (SSSR count). The van der Waals surface area contributed by atoms with Crippen LogP contribution in [0.4, 0.5) is 23.2 Å². The summed E-state index contributed by atoms with van der Waals surface area (Å²) in [7, 11) is 0. The second kappa shape index (κ2) is 8.44. The zero-order valence-corrected chi connectivity index (χ0v) is 15.5. The highest BCUT2D eigenvalue weighted by molar-refractivity contribution is 7.12. The lowest BCUT2D eigenvalue weighted by Crippen LogP contribution is -2.38. The zero-order valence-electron chi connectivity index (χ0n) is 14.7. The number of hydrogen-bond acceptors (Lipinski definition) is 3. The van der Waals surface area contributed by atoms with Crippen molar-refractivity contribution in [3.8, 4) is 0 Å². The maximum absolute atomic E-state index is 13.4. The fourth-order valence-corrected chi connectivity index (χ4v) is 3.18. The highest BCUT2D eigenvalue weighted by atomic mass is 32.1. The van der Waals surface area contributed by atoms with E-state index >= 15 is 0 Å². The predicted molar refractivity (Wildman–Crippen MR) is 101 cm³/mol. The molecular weight excluding hydrogens is 408 g/mol. The van der Waals surface area contributed by atoms with Crippen molar-refractivity contribution in [1.82, 2.24) is 5.32 Å². The smallest absolute Gasteiger partial charge is 0.337 e. The molecule has 1 heterocycles. The number of carbonyl (C=O) groups excluding carboxylic acids is 2. The Kier molecular flexibility index (Phi) is 5.97. The van der Waals surface area contributed by atoms with Gasteiger partial charge in [-0.15, -0.1) is 11.3 Å². The van der Waals surface area contributed by atoms with Gasteiger partial charge in [-0.3, -0.25) is 9.59 Å². The summed E-state index contributed by atoms with van der Waals surface area (Å²) in [5.74, 6) is -2.06. The third kappa shape index (κ3) is 5.20. The Balaban J connectivity index is 1.78. The first-order chi connectivity index (χ1) is 13.7. The molecule has 2 N–H and O–H groups in total. The van der Waals surface area contributed by atoms with Crippen LogP contribution < -0.4 is 10.6 Å². The number of halogens is 4. The first-order valence-corrected chi connectivity index (χ1v) is 9.20. The van der Waals surface area contributed by atoms with Gasteiger partial charge in [0.25, 0.3) is 11.8 Å². The molecule has 0 spiro atoms. The van der Waals surface area contributed by atoms with Gasteiger partial charge in [0.05, 0.1) is 4.88 Å². The summed E-state index contributed by atoms with van der Waals surface area (Å²) in [6.07, 6.45) is -4.78. The monoisotopic (exact) mass is 422 g/mol. The quantitative estimate of drug-likeness (QED) is 0.557. The Morgan fingerprint density at radius 3 is 2.28 bits per heavy atom. The van der Waals surface area contributed by atoms with E-state index in [1.54, 1.807) is 17.5 Å². The van der Waals surface area contributed by atoms with Crippen LogP contribution in [0.15, 0.2) is 66.0 Å². The molecule has 0 aliphatic rings. The van der Waals surface area contributed by atoms with Gasteiger partial charge in [-0.05, 0) is 47.3 Å². The average Bonchev–Trinajstić information content (AvgIpc) is 3.21. The van der Waals surface area contributed by atoms with Crippen molar-refractivity contribution in [2.45, 2.75) is 12.2 Å². The van der Waals surface area contributed by atoms with E-state index in [1.807, 2.05) is 5.32 Å². The van der Waals surface area contributed by atoms with Crippen molar-refractivity contribution >= 4 is 28.8 Å². The van der Waals surface area contributed by atoms with E-state index in [-0.39, 0.29) is 16.8 Å². The van der Waals surface area contributed by atoms with Crippen molar-refractivity contribution < 1.29 is 27.2 Å². The molecule has 0 aliphatic heterocycles. The molecule has 0 saturated heterocycles. The molecule has 4 nitrogen and oxygen atoms in total. The number of hydrogen-bond donors (Lipinski definition) is 2. The third-order valence-corrected chi connectivity index (χ3v) is 4.80. The number of rotatable bonds is 5. The van der Waals surface area contributed by atoms with Gasteiger partial charge in [0.2, 0.25) is 0 Å². The molecule has 9 heteroatoms. The summed E-state index contributed by atoms with van der Waals surface area (Å²) in [6.45, 7) is 0. The molecule has 2 aromatic carbocycles. The van der Waals surface area contributed by atoms with Gasteiger partial charge < -0.3 is 10.6 Å². The Bertz CT molecular complexity index is 1000. The van der Waals surface area contributed by atoms with Crippen molar-refractivity contribution in [3.05, 3.63) is 87.9 Å². The normalized spacial score (nSPS) is 12.3. The third-order valence-electron chi connectivity index (χ3n) is 3.93. The fourth-order valence-electron chi connectivity index (χ4n) is 2.56. The molecule has 0 fully saturated rings. The summed E-state index contributed by atoms with van der Waals surface area (Å²) in [5, 5.41) is 6.24. The van der Waals surface area contributed by atoms with Gasteiger partial charge in [0, 0.05) is 11.3 Å². The average molecular weight is 422 g/mol. The molecule has 0 saturated carbocycles. The number of anilines is 1. The van der Waals surface area contributed by atoms with Crippen LogP contribution in [0.5, 0.6) is 0 Å². The highest BCUT2D eigenvalue weighted by Gasteiger charge is 2.42. The maximum atomic E-state index is 13.4. The number of benzene rings is 2. The van der Waals surface area contributed by atoms with Crippen LogP contribution in [0.25, 0.3) is 0 Å². The summed E-state index contributed by atoms with van der Waals surface area (Å²) < 4.78 is 53.3. The summed E-state index contributed by atoms with van der Waals surface area (Å²) in [6, 6.07) is 10.3. The van der Waals surface area contributed by atoms with Gasteiger partial charge in [0.1, 0.15) is 5.82 Å².